The maximum Gasteiger partial charge on any atom is 0.220 e. The number of halogens is 1. The van der Waals surface area contributed by atoms with E-state index in [-0.39, 0.29) is 11.5 Å². The smallest absolute Gasteiger partial charge is 0.220 e. The third-order valence-corrected chi connectivity index (χ3v) is 7.99. The number of nitrogens with zero attached hydrogens (tertiary/aromatic N) is 4. The first kappa shape index (κ1) is 25.9. The number of aryl methyl sites for hydroxylation is 2. The zero-order chi connectivity index (χ0) is 26.6. The van der Waals surface area contributed by atoms with Gasteiger partial charge in [-0.1, -0.05) is 71.9 Å². The van der Waals surface area contributed by atoms with E-state index < -0.39 is 5.25 Å². The van der Waals surface area contributed by atoms with Gasteiger partial charge in [0, 0.05) is 10.6 Å². The molecule has 7 nitrogen and oxygen atoms in total. The molecule has 192 valence electrons. The molecule has 0 unspecified atom stereocenters. The second-order valence-corrected chi connectivity index (χ2v) is 11.0. The molecule has 0 saturated carbocycles. The van der Waals surface area contributed by atoms with Crippen LogP contribution in [0.3, 0.4) is 0 Å². The molecule has 0 N–H and O–H groups in total. The van der Waals surface area contributed by atoms with Crippen LogP contribution in [0.5, 0.6) is 5.75 Å². The first-order chi connectivity index (χ1) is 18.4. The molecule has 1 aromatic heterocycles. The first-order valence-corrected chi connectivity index (χ1v) is 13.7. The molecule has 9 heteroatoms. The molecule has 0 bridgehead atoms. The maximum absolute atomic E-state index is 11.6. The van der Waals surface area contributed by atoms with Crippen LogP contribution < -0.4 is 4.74 Å². The monoisotopic (exact) mass is 588 g/mol. The van der Waals surface area contributed by atoms with E-state index in [4.69, 9.17) is 4.74 Å². The van der Waals surface area contributed by atoms with E-state index >= 15 is 0 Å². The number of nitro groups is 1. The van der Waals surface area contributed by atoms with E-state index in [0.29, 0.717) is 17.5 Å². The Morgan fingerprint density at radius 2 is 1.74 bits per heavy atom. The van der Waals surface area contributed by atoms with Crippen molar-refractivity contribution < 1.29 is 9.66 Å². The summed E-state index contributed by atoms with van der Waals surface area (Å²) >= 11 is 4.93. The van der Waals surface area contributed by atoms with Crippen LogP contribution in [0, 0.1) is 24.0 Å². The fraction of sp³-hybridized carbons (Fsp3) is 0.172. The van der Waals surface area contributed by atoms with Crippen LogP contribution >= 0.6 is 27.7 Å². The lowest BCUT2D eigenvalue weighted by Crippen LogP contribution is -2.11. The van der Waals surface area contributed by atoms with Crippen LogP contribution in [0.4, 0.5) is 0 Å². The lowest BCUT2D eigenvalue weighted by molar-refractivity contribution is -0.479. The van der Waals surface area contributed by atoms with Crippen LogP contribution in [-0.2, 0) is 6.61 Å². The van der Waals surface area contributed by atoms with Crippen molar-refractivity contribution in [3.63, 3.8) is 0 Å². The topological polar surface area (TPSA) is 83.1 Å². The Morgan fingerprint density at radius 3 is 2.47 bits per heavy atom. The highest BCUT2D eigenvalue weighted by Gasteiger charge is 2.24. The van der Waals surface area contributed by atoms with Crippen molar-refractivity contribution >= 4 is 38.5 Å². The normalized spacial score (nSPS) is 12.0. The standard InChI is InChI=1S/C29H25BrN4O3S/c1-19-7-12-25(13-8-19)34-20(2)31-32-29(34)38-28(17-33(35)36)24-11-14-27(26(30)16-24)37-18-21-9-10-22-5-3-4-6-23(22)15-21/h3-16,28H,17-18H2,1-2H3/t28-/m0/s1. The molecular formula is C29H25BrN4O3S. The third kappa shape index (κ3) is 5.89. The summed E-state index contributed by atoms with van der Waals surface area (Å²) in [6, 6.07) is 28.1. The van der Waals surface area contributed by atoms with Crippen LogP contribution in [0.15, 0.2) is 94.6 Å². The van der Waals surface area contributed by atoms with Crippen LogP contribution in [0.2, 0.25) is 0 Å². The van der Waals surface area contributed by atoms with Gasteiger partial charge >= 0.3 is 0 Å². The highest BCUT2D eigenvalue weighted by Crippen LogP contribution is 2.39. The van der Waals surface area contributed by atoms with Gasteiger partial charge in [-0.3, -0.25) is 14.7 Å². The van der Waals surface area contributed by atoms with Crippen LogP contribution in [0.1, 0.15) is 27.8 Å². The van der Waals surface area contributed by atoms with E-state index in [1.54, 1.807) is 0 Å². The van der Waals surface area contributed by atoms with Crippen LogP contribution in [0.25, 0.3) is 16.5 Å². The summed E-state index contributed by atoms with van der Waals surface area (Å²) in [5.41, 5.74) is 3.92. The number of hydrogen-bond acceptors (Lipinski definition) is 6. The molecule has 38 heavy (non-hydrogen) atoms. The number of thioether (sulfide) groups is 1. The molecule has 0 aliphatic heterocycles. The second kappa shape index (κ2) is 11.4. The molecule has 5 rings (SSSR count). The zero-order valence-electron chi connectivity index (χ0n) is 20.9. The van der Waals surface area contributed by atoms with E-state index in [9.17, 15) is 10.1 Å². The van der Waals surface area contributed by atoms with E-state index in [0.717, 1.165) is 38.1 Å². The maximum atomic E-state index is 11.6. The van der Waals surface area contributed by atoms with Gasteiger partial charge in [0.1, 0.15) is 23.4 Å². The molecule has 0 radical (unpaired) electrons. The van der Waals surface area contributed by atoms with Crippen molar-refractivity contribution in [1.82, 2.24) is 14.8 Å². The van der Waals surface area contributed by atoms with E-state index in [1.807, 2.05) is 73.0 Å². The van der Waals surface area contributed by atoms with E-state index in [2.05, 4.69) is 56.5 Å². The Hall–Kier alpha value is -3.69. The van der Waals surface area contributed by atoms with Crippen molar-refractivity contribution in [2.45, 2.75) is 30.9 Å². The lowest BCUT2D eigenvalue weighted by Gasteiger charge is -2.16. The molecule has 0 spiro atoms. The first-order valence-electron chi connectivity index (χ1n) is 12.0. The summed E-state index contributed by atoms with van der Waals surface area (Å²) in [6.07, 6.45) is 0. The van der Waals surface area contributed by atoms with Crippen molar-refractivity contribution in [3.8, 4) is 11.4 Å². The van der Waals surface area contributed by atoms with Crippen LogP contribution in [-0.4, -0.2) is 26.2 Å². The quantitative estimate of drug-likeness (QED) is 0.101. The highest BCUT2D eigenvalue weighted by molar-refractivity contribution is 9.10. The largest absolute Gasteiger partial charge is 0.488 e. The highest BCUT2D eigenvalue weighted by atomic mass is 79.9. The van der Waals surface area contributed by atoms with Crippen molar-refractivity contribution in [2.75, 3.05) is 6.54 Å². The Kier molecular flexibility index (Phi) is 7.76. The lowest BCUT2D eigenvalue weighted by atomic mass is 10.1. The Labute approximate surface area is 233 Å². The fourth-order valence-corrected chi connectivity index (χ4v) is 5.88. The van der Waals surface area contributed by atoms with E-state index in [1.165, 1.54) is 17.1 Å². The van der Waals surface area contributed by atoms with Crippen molar-refractivity contribution in [3.05, 3.63) is 122 Å². The molecule has 0 aliphatic rings. The number of ether oxygens (including phenoxy) is 1. The number of fused-ring (bicyclic) bond motifs is 1. The van der Waals surface area contributed by atoms with Gasteiger partial charge in [0.05, 0.1) is 4.47 Å². The second-order valence-electron chi connectivity index (χ2n) is 8.98. The molecule has 5 aromatic rings. The molecule has 0 amide bonds. The number of hydrogen-bond donors (Lipinski definition) is 0. The molecular weight excluding hydrogens is 564 g/mol. The van der Waals surface area contributed by atoms with Gasteiger partial charge in [0.15, 0.2) is 5.16 Å². The predicted molar refractivity (Wildman–Crippen MR) is 154 cm³/mol. The molecule has 0 saturated heterocycles. The summed E-state index contributed by atoms with van der Waals surface area (Å²) in [7, 11) is 0. The Balaban J connectivity index is 1.36. The Morgan fingerprint density at radius 1 is 0.974 bits per heavy atom. The molecule has 1 heterocycles. The summed E-state index contributed by atoms with van der Waals surface area (Å²) in [5.74, 6) is 1.39. The minimum absolute atomic E-state index is 0.256. The van der Waals surface area contributed by atoms with Gasteiger partial charge in [-0.15, -0.1) is 10.2 Å². The van der Waals surface area contributed by atoms with Crippen molar-refractivity contribution in [1.29, 1.82) is 0 Å². The summed E-state index contributed by atoms with van der Waals surface area (Å²) in [6.45, 7) is 4.05. The fourth-order valence-electron chi connectivity index (χ4n) is 4.21. The number of benzene rings is 4. The zero-order valence-corrected chi connectivity index (χ0v) is 23.3. The minimum atomic E-state index is -0.469. The number of aromatic nitrogens is 3. The number of rotatable bonds is 9. The average Bonchev–Trinajstić information content (AvgIpc) is 3.27. The van der Waals surface area contributed by atoms with Gasteiger partial charge in [-0.2, -0.15) is 0 Å². The average molecular weight is 590 g/mol. The predicted octanol–water partition coefficient (Wildman–Crippen LogP) is 7.49. The molecule has 4 aromatic carbocycles. The van der Waals surface area contributed by atoms with Gasteiger partial charge in [-0.25, -0.2) is 0 Å². The van der Waals surface area contributed by atoms with Gasteiger partial charge < -0.3 is 4.74 Å². The summed E-state index contributed by atoms with van der Waals surface area (Å²) in [5, 5.41) is 22.6. The van der Waals surface area contributed by atoms with Gasteiger partial charge in [-0.05, 0) is 82.0 Å². The summed E-state index contributed by atoms with van der Waals surface area (Å²) in [4.78, 5) is 11.3. The minimum Gasteiger partial charge on any atom is -0.488 e. The molecule has 0 aliphatic carbocycles. The molecule has 1 atom stereocenters. The van der Waals surface area contributed by atoms with Gasteiger partial charge in [0.25, 0.3) is 0 Å². The van der Waals surface area contributed by atoms with Gasteiger partial charge in [0.2, 0.25) is 6.54 Å². The molecule has 0 fully saturated rings. The third-order valence-electron chi connectivity index (χ3n) is 6.19. The summed E-state index contributed by atoms with van der Waals surface area (Å²) < 4.78 is 8.74. The SMILES string of the molecule is Cc1ccc(-n2c(C)nnc2S[C@@H](C[N+](=O)[O-])c2ccc(OCc3ccc4ccccc4c3)c(Br)c2)cc1. The Bertz CT molecular complexity index is 1600. The van der Waals surface area contributed by atoms with Crippen molar-refractivity contribution in [2.24, 2.45) is 0 Å².